The Hall–Kier alpha value is -2.90. The zero-order valence-corrected chi connectivity index (χ0v) is 16.8. The Kier molecular flexibility index (Phi) is 5.25. The average Bonchev–Trinajstić information content (AvgIpc) is 2.69. The van der Waals surface area contributed by atoms with Crippen molar-refractivity contribution in [2.24, 2.45) is 4.99 Å². The zero-order chi connectivity index (χ0) is 20.4. The van der Waals surface area contributed by atoms with Crippen molar-refractivity contribution in [1.82, 2.24) is 4.72 Å². The van der Waals surface area contributed by atoms with Crippen LogP contribution in [0.3, 0.4) is 0 Å². The third-order valence-electron chi connectivity index (χ3n) is 4.55. The normalized spacial score (nSPS) is 16.0. The van der Waals surface area contributed by atoms with Crippen LogP contribution in [0.1, 0.15) is 16.7 Å². The number of nitrogens with zero attached hydrogens (tertiary/aromatic N) is 1. The molecule has 5 nitrogen and oxygen atoms in total. The quantitative estimate of drug-likeness (QED) is 0.648. The number of aliphatic imine (C=N–C) groups is 1. The summed E-state index contributed by atoms with van der Waals surface area (Å²) in [7, 11) is -3.79. The molecule has 2 N–H and O–H groups in total. The number of sulfonamides is 1. The van der Waals surface area contributed by atoms with Crippen LogP contribution >= 0.6 is 11.6 Å². The molecule has 0 aromatic heterocycles. The van der Waals surface area contributed by atoms with Gasteiger partial charge in [0.1, 0.15) is 10.7 Å². The van der Waals surface area contributed by atoms with E-state index in [1.807, 2.05) is 18.2 Å². The van der Waals surface area contributed by atoms with Crippen LogP contribution < -0.4 is 10.0 Å². The molecule has 0 saturated carbocycles. The van der Waals surface area contributed by atoms with E-state index in [0.717, 1.165) is 11.1 Å². The van der Waals surface area contributed by atoms with Crippen LogP contribution in [-0.4, -0.2) is 14.4 Å². The van der Waals surface area contributed by atoms with E-state index >= 15 is 0 Å². The fourth-order valence-electron chi connectivity index (χ4n) is 3.10. The van der Waals surface area contributed by atoms with Crippen LogP contribution in [0.25, 0.3) is 0 Å². The SMILES string of the molecule is O=S1(=O)NC(=NCc2ccccc2F)Nc2c(Cc3ccc(Cl)cc3)cccc21. The summed E-state index contributed by atoms with van der Waals surface area (Å²) in [5.74, 6) is -0.330. The molecule has 29 heavy (non-hydrogen) atoms. The van der Waals surface area contributed by atoms with E-state index in [9.17, 15) is 12.8 Å². The molecule has 0 saturated heterocycles. The molecule has 4 rings (SSSR count). The van der Waals surface area contributed by atoms with Crippen molar-refractivity contribution in [2.75, 3.05) is 5.32 Å². The molecule has 1 heterocycles. The van der Waals surface area contributed by atoms with Gasteiger partial charge < -0.3 is 5.32 Å². The summed E-state index contributed by atoms with van der Waals surface area (Å²) in [6, 6.07) is 18.7. The molecule has 0 fully saturated rings. The fourth-order valence-corrected chi connectivity index (χ4v) is 4.42. The predicted molar refractivity (Wildman–Crippen MR) is 112 cm³/mol. The lowest BCUT2D eigenvalue weighted by Crippen LogP contribution is -2.41. The van der Waals surface area contributed by atoms with E-state index in [1.165, 1.54) is 12.1 Å². The van der Waals surface area contributed by atoms with Crippen LogP contribution in [0.4, 0.5) is 10.1 Å². The molecule has 0 amide bonds. The Labute approximate surface area is 173 Å². The van der Waals surface area contributed by atoms with Crippen LogP contribution in [0, 0.1) is 5.82 Å². The highest BCUT2D eigenvalue weighted by Crippen LogP contribution is 2.30. The minimum atomic E-state index is -3.79. The minimum absolute atomic E-state index is 0.00616. The van der Waals surface area contributed by atoms with E-state index in [0.29, 0.717) is 22.7 Å². The van der Waals surface area contributed by atoms with E-state index < -0.39 is 10.0 Å². The summed E-state index contributed by atoms with van der Waals surface area (Å²) in [6.45, 7) is 0.00616. The van der Waals surface area contributed by atoms with Crippen molar-refractivity contribution in [3.63, 3.8) is 0 Å². The lowest BCUT2D eigenvalue weighted by molar-refractivity contribution is 0.591. The highest BCUT2D eigenvalue weighted by molar-refractivity contribution is 7.90. The average molecular weight is 430 g/mol. The summed E-state index contributed by atoms with van der Waals surface area (Å²) in [5.41, 5.74) is 2.63. The molecule has 1 aliphatic heterocycles. The van der Waals surface area contributed by atoms with Crippen LogP contribution in [0.5, 0.6) is 0 Å². The summed E-state index contributed by atoms with van der Waals surface area (Å²) < 4.78 is 41.6. The van der Waals surface area contributed by atoms with E-state index in [1.54, 1.807) is 36.4 Å². The van der Waals surface area contributed by atoms with Crippen molar-refractivity contribution in [1.29, 1.82) is 0 Å². The van der Waals surface area contributed by atoms with E-state index in [-0.39, 0.29) is 23.2 Å². The largest absolute Gasteiger partial charge is 0.324 e. The number of hydrogen-bond donors (Lipinski definition) is 2. The van der Waals surface area contributed by atoms with Gasteiger partial charge >= 0.3 is 0 Å². The fraction of sp³-hybridized carbons (Fsp3) is 0.0952. The Morgan fingerprint density at radius 1 is 0.931 bits per heavy atom. The number of anilines is 1. The van der Waals surface area contributed by atoms with Gasteiger partial charge in [-0.2, -0.15) is 0 Å². The number of hydrogen-bond acceptors (Lipinski definition) is 3. The van der Waals surface area contributed by atoms with Crippen molar-refractivity contribution in [3.05, 3.63) is 94.3 Å². The Bertz CT molecular complexity index is 1190. The van der Waals surface area contributed by atoms with Gasteiger partial charge in [0, 0.05) is 10.6 Å². The molecule has 8 heteroatoms. The van der Waals surface area contributed by atoms with Crippen molar-refractivity contribution in [3.8, 4) is 0 Å². The lowest BCUT2D eigenvalue weighted by atomic mass is 10.0. The van der Waals surface area contributed by atoms with Gasteiger partial charge in [0.25, 0.3) is 10.0 Å². The van der Waals surface area contributed by atoms with Gasteiger partial charge in [-0.05, 0) is 41.8 Å². The first-order valence-corrected chi connectivity index (χ1v) is 10.7. The molecule has 0 bridgehead atoms. The third kappa shape index (κ3) is 4.26. The maximum absolute atomic E-state index is 13.8. The number of fused-ring (bicyclic) bond motifs is 1. The summed E-state index contributed by atoms with van der Waals surface area (Å²) in [6.07, 6.45) is 0.517. The van der Waals surface area contributed by atoms with E-state index in [2.05, 4.69) is 15.0 Å². The molecule has 0 radical (unpaired) electrons. The second-order valence-corrected chi connectivity index (χ2v) is 8.67. The van der Waals surface area contributed by atoms with Crippen molar-refractivity contribution < 1.29 is 12.8 Å². The number of benzene rings is 3. The molecule has 3 aromatic carbocycles. The molecular weight excluding hydrogens is 413 g/mol. The minimum Gasteiger partial charge on any atom is -0.324 e. The molecule has 0 aliphatic carbocycles. The van der Waals surface area contributed by atoms with Crippen LogP contribution in [0.15, 0.2) is 76.6 Å². The molecule has 0 unspecified atom stereocenters. The first kappa shape index (κ1) is 19.4. The summed E-state index contributed by atoms with van der Waals surface area (Å²) >= 11 is 5.94. The smallest absolute Gasteiger partial charge is 0.266 e. The lowest BCUT2D eigenvalue weighted by Gasteiger charge is -2.24. The summed E-state index contributed by atoms with van der Waals surface area (Å²) in [5, 5.41) is 3.69. The second-order valence-electron chi connectivity index (χ2n) is 6.58. The number of rotatable bonds is 4. The monoisotopic (exact) mass is 429 g/mol. The number of halogens is 2. The Balaban J connectivity index is 1.67. The topological polar surface area (TPSA) is 70.6 Å². The Morgan fingerprint density at radius 2 is 1.66 bits per heavy atom. The highest BCUT2D eigenvalue weighted by Gasteiger charge is 2.28. The third-order valence-corrected chi connectivity index (χ3v) is 6.18. The molecule has 148 valence electrons. The first-order chi connectivity index (χ1) is 13.9. The number of nitrogens with one attached hydrogen (secondary N) is 2. The van der Waals surface area contributed by atoms with Crippen LogP contribution in [0.2, 0.25) is 5.02 Å². The Morgan fingerprint density at radius 3 is 2.41 bits per heavy atom. The van der Waals surface area contributed by atoms with Gasteiger partial charge in [-0.1, -0.05) is 54.1 Å². The molecule has 0 spiro atoms. The predicted octanol–water partition coefficient (Wildman–Crippen LogP) is 4.33. The maximum Gasteiger partial charge on any atom is 0.266 e. The number of para-hydroxylation sites is 1. The zero-order valence-electron chi connectivity index (χ0n) is 15.2. The molecule has 1 aliphatic rings. The van der Waals surface area contributed by atoms with Crippen molar-refractivity contribution >= 4 is 33.3 Å². The van der Waals surface area contributed by atoms with Gasteiger partial charge in [-0.25, -0.2) is 22.5 Å². The highest BCUT2D eigenvalue weighted by atomic mass is 35.5. The standard InChI is InChI=1S/C21H17ClFN3O2S/c22-17-10-8-14(9-11-17)12-15-5-3-7-19-20(15)25-21(26-29(19,27)28)24-13-16-4-1-2-6-18(16)23/h1-11H,12-13H2,(H2,24,25,26). The van der Waals surface area contributed by atoms with Crippen LogP contribution in [-0.2, 0) is 23.0 Å². The maximum atomic E-state index is 13.8. The molecule has 3 aromatic rings. The number of guanidine groups is 1. The van der Waals surface area contributed by atoms with Crippen molar-refractivity contribution in [2.45, 2.75) is 17.9 Å². The van der Waals surface area contributed by atoms with Gasteiger partial charge in [0.2, 0.25) is 5.96 Å². The molecule has 0 atom stereocenters. The second kappa shape index (κ2) is 7.85. The van der Waals surface area contributed by atoms with E-state index in [4.69, 9.17) is 11.6 Å². The first-order valence-electron chi connectivity index (χ1n) is 8.86. The summed E-state index contributed by atoms with van der Waals surface area (Å²) in [4.78, 5) is 4.37. The van der Waals surface area contributed by atoms with Gasteiger partial charge in [0.15, 0.2) is 0 Å². The molecular formula is C21H17ClFN3O2S. The van der Waals surface area contributed by atoms with Gasteiger partial charge in [-0.3, -0.25) is 0 Å². The van der Waals surface area contributed by atoms with Gasteiger partial charge in [0.05, 0.1) is 12.2 Å². The van der Waals surface area contributed by atoms with Gasteiger partial charge in [-0.15, -0.1) is 0 Å².